The van der Waals surface area contributed by atoms with E-state index in [0.717, 1.165) is 24.3 Å². The predicted molar refractivity (Wildman–Crippen MR) is 91.4 cm³/mol. The molecule has 0 saturated heterocycles. The molecule has 1 N–H and O–H groups in total. The van der Waals surface area contributed by atoms with Crippen LogP contribution < -0.4 is 5.32 Å². The molecule has 2 aromatic rings. The van der Waals surface area contributed by atoms with Crippen molar-refractivity contribution < 1.29 is 4.79 Å². The van der Waals surface area contributed by atoms with Crippen LogP contribution in [0.4, 0.5) is 5.13 Å². The molecule has 1 heterocycles. The van der Waals surface area contributed by atoms with Crippen molar-refractivity contribution in [3.8, 4) is 0 Å². The number of anilines is 1. The summed E-state index contributed by atoms with van der Waals surface area (Å²) in [6, 6.07) is 8.28. The second-order valence-corrected chi connectivity index (χ2v) is 6.50. The number of carbonyl (C=O) groups is 1. The average molecular weight is 317 g/mol. The summed E-state index contributed by atoms with van der Waals surface area (Å²) in [6.07, 6.45) is 3.30. The first-order valence-electron chi connectivity index (χ1n) is 7.81. The first kappa shape index (κ1) is 16.6. The molecule has 0 aliphatic heterocycles. The second kappa shape index (κ2) is 8.03. The number of aromatic nitrogens is 2. The third-order valence-corrected chi connectivity index (χ3v) is 4.78. The summed E-state index contributed by atoms with van der Waals surface area (Å²) in [6.45, 7) is 6.36. The molecule has 0 saturated carbocycles. The Labute approximate surface area is 136 Å². The van der Waals surface area contributed by atoms with Crippen LogP contribution in [0.25, 0.3) is 0 Å². The van der Waals surface area contributed by atoms with E-state index in [1.54, 1.807) is 0 Å². The van der Waals surface area contributed by atoms with Crippen LogP contribution in [-0.4, -0.2) is 16.1 Å². The predicted octanol–water partition coefficient (Wildman–Crippen LogP) is 4.32. The fourth-order valence-corrected chi connectivity index (χ4v) is 3.31. The number of benzene rings is 1. The summed E-state index contributed by atoms with van der Waals surface area (Å²) >= 11 is 1.49. The molecule has 1 amide bonds. The van der Waals surface area contributed by atoms with E-state index in [-0.39, 0.29) is 5.91 Å². The lowest BCUT2D eigenvalue weighted by Gasteiger charge is -2.05. The van der Waals surface area contributed by atoms with Crippen LogP contribution in [-0.2, 0) is 11.2 Å². The van der Waals surface area contributed by atoms with Gasteiger partial charge >= 0.3 is 0 Å². The van der Waals surface area contributed by atoms with Crippen molar-refractivity contribution in [2.75, 3.05) is 5.32 Å². The van der Waals surface area contributed by atoms with Gasteiger partial charge in [-0.25, -0.2) is 0 Å². The largest absolute Gasteiger partial charge is 0.301 e. The number of amides is 1. The molecule has 0 atom stereocenters. The molecule has 22 heavy (non-hydrogen) atoms. The van der Waals surface area contributed by atoms with Gasteiger partial charge in [-0.3, -0.25) is 4.79 Å². The van der Waals surface area contributed by atoms with Gasteiger partial charge in [0.05, 0.1) is 0 Å². The highest BCUT2D eigenvalue weighted by Crippen LogP contribution is 2.28. The lowest BCUT2D eigenvalue weighted by Crippen LogP contribution is -2.12. The lowest BCUT2D eigenvalue weighted by molar-refractivity contribution is -0.116. The maximum absolute atomic E-state index is 12.0. The molecule has 0 unspecified atom stereocenters. The van der Waals surface area contributed by atoms with Crippen molar-refractivity contribution in [3.63, 3.8) is 0 Å². The standard InChI is InChI=1S/C17H23N3OS/c1-4-14(5-2)16-19-20-17(22-16)18-15(21)11-10-13-8-6-12(3)7-9-13/h6-9,14H,4-5,10-11H2,1-3H3,(H,18,20,21). The first-order chi connectivity index (χ1) is 10.6. The average Bonchev–Trinajstić information content (AvgIpc) is 2.96. The van der Waals surface area contributed by atoms with Crippen molar-refractivity contribution in [1.82, 2.24) is 10.2 Å². The van der Waals surface area contributed by atoms with Gasteiger partial charge in [0.1, 0.15) is 5.01 Å². The Morgan fingerprint density at radius 2 is 1.86 bits per heavy atom. The Balaban J connectivity index is 1.85. The van der Waals surface area contributed by atoms with Crippen LogP contribution in [0, 0.1) is 6.92 Å². The smallest absolute Gasteiger partial charge is 0.226 e. The number of nitrogens with one attached hydrogen (secondary N) is 1. The van der Waals surface area contributed by atoms with Gasteiger partial charge in [0, 0.05) is 12.3 Å². The zero-order valence-electron chi connectivity index (χ0n) is 13.4. The van der Waals surface area contributed by atoms with Gasteiger partial charge in [-0.15, -0.1) is 10.2 Å². The summed E-state index contributed by atoms with van der Waals surface area (Å²) in [5.41, 5.74) is 2.41. The Hall–Kier alpha value is -1.75. The molecule has 0 radical (unpaired) electrons. The number of carbonyl (C=O) groups excluding carboxylic acids is 1. The zero-order chi connectivity index (χ0) is 15.9. The van der Waals surface area contributed by atoms with Gasteiger partial charge in [-0.1, -0.05) is 55.0 Å². The normalized spacial score (nSPS) is 10.9. The van der Waals surface area contributed by atoms with Crippen LogP contribution in [0.5, 0.6) is 0 Å². The summed E-state index contributed by atoms with van der Waals surface area (Å²) in [7, 11) is 0. The minimum absolute atomic E-state index is 0.00665. The van der Waals surface area contributed by atoms with Crippen molar-refractivity contribution in [3.05, 3.63) is 40.4 Å². The van der Waals surface area contributed by atoms with Crippen LogP contribution in [0.3, 0.4) is 0 Å². The van der Waals surface area contributed by atoms with E-state index in [4.69, 9.17) is 0 Å². The van der Waals surface area contributed by atoms with E-state index in [9.17, 15) is 4.79 Å². The van der Waals surface area contributed by atoms with Crippen molar-refractivity contribution in [2.45, 2.75) is 52.4 Å². The number of nitrogens with zero attached hydrogens (tertiary/aromatic N) is 2. The van der Waals surface area contributed by atoms with Gasteiger partial charge in [0.15, 0.2) is 0 Å². The maximum atomic E-state index is 12.0. The minimum Gasteiger partial charge on any atom is -0.301 e. The topological polar surface area (TPSA) is 54.9 Å². The third kappa shape index (κ3) is 4.63. The summed E-state index contributed by atoms with van der Waals surface area (Å²) < 4.78 is 0. The van der Waals surface area contributed by atoms with Crippen molar-refractivity contribution in [1.29, 1.82) is 0 Å². The Morgan fingerprint density at radius 1 is 1.18 bits per heavy atom. The SMILES string of the molecule is CCC(CC)c1nnc(NC(=O)CCc2ccc(C)cc2)s1. The lowest BCUT2D eigenvalue weighted by atomic mass is 10.1. The zero-order valence-corrected chi connectivity index (χ0v) is 14.2. The second-order valence-electron chi connectivity index (χ2n) is 5.49. The molecule has 0 aliphatic rings. The molecule has 1 aromatic carbocycles. The molecule has 0 aliphatic carbocycles. The molecule has 0 bridgehead atoms. The van der Waals surface area contributed by atoms with E-state index < -0.39 is 0 Å². The highest BCUT2D eigenvalue weighted by Gasteiger charge is 2.14. The number of hydrogen-bond donors (Lipinski definition) is 1. The van der Waals surface area contributed by atoms with Gasteiger partial charge in [-0.05, 0) is 31.7 Å². The first-order valence-corrected chi connectivity index (χ1v) is 8.62. The Morgan fingerprint density at radius 3 is 2.50 bits per heavy atom. The molecular formula is C17H23N3OS. The monoisotopic (exact) mass is 317 g/mol. The van der Waals surface area contributed by atoms with E-state index >= 15 is 0 Å². The van der Waals surface area contributed by atoms with Crippen LogP contribution in [0.2, 0.25) is 0 Å². The molecule has 1 aromatic heterocycles. The Kier molecular flexibility index (Phi) is 6.07. The van der Waals surface area contributed by atoms with Gasteiger partial charge < -0.3 is 5.32 Å². The molecule has 0 spiro atoms. The highest BCUT2D eigenvalue weighted by molar-refractivity contribution is 7.15. The number of hydrogen-bond acceptors (Lipinski definition) is 4. The van der Waals surface area contributed by atoms with Crippen LogP contribution >= 0.6 is 11.3 Å². The summed E-state index contributed by atoms with van der Waals surface area (Å²) in [5.74, 6) is 0.434. The van der Waals surface area contributed by atoms with Crippen LogP contribution in [0.1, 0.15) is 55.2 Å². The fourth-order valence-electron chi connectivity index (χ4n) is 2.28. The van der Waals surface area contributed by atoms with E-state index in [0.29, 0.717) is 17.5 Å². The quantitative estimate of drug-likeness (QED) is 0.827. The van der Waals surface area contributed by atoms with Gasteiger partial charge in [-0.2, -0.15) is 0 Å². The van der Waals surface area contributed by atoms with E-state index in [1.807, 2.05) is 0 Å². The molecule has 2 rings (SSSR count). The van der Waals surface area contributed by atoms with Crippen LogP contribution in [0.15, 0.2) is 24.3 Å². The number of rotatable bonds is 7. The van der Waals surface area contributed by atoms with Crippen molar-refractivity contribution >= 4 is 22.4 Å². The molecule has 4 nitrogen and oxygen atoms in total. The highest BCUT2D eigenvalue weighted by atomic mass is 32.1. The molecule has 118 valence electrons. The van der Waals surface area contributed by atoms with Crippen molar-refractivity contribution in [2.24, 2.45) is 0 Å². The Bertz CT molecular complexity index is 603. The maximum Gasteiger partial charge on any atom is 0.226 e. The third-order valence-electron chi connectivity index (χ3n) is 3.78. The minimum atomic E-state index is -0.00665. The summed E-state index contributed by atoms with van der Waals surface area (Å²) in [4.78, 5) is 12.0. The molecular weight excluding hydrogens is 294 g/mol. The summed E-state index contributed by atoms with van der Waals surface area (Å²) in [5, 5.41) is 12.7. The molecule has 5 heteroatoms. The van der Waals surface area contributed by atoms with E-state index in [1.165, 1.54) is 22.5 Å². The van der Waals surface area contributed by atoms with Gasteiger partial charge in [0.2, 0.25) is 11.0 Å². The van der Waals surface area contributed by atoms with E-state index in [2.05, 4.69) is 60.6 Å². The molecule has 0 fully saturated rings. The number of aryl methyl sites for hydroxylation is 2. The fraction of sp³-hybridized carbons (Fsp3) is 0.471. The van der Waals surface area contributed by atoms with Gasteiger partial charge in [0.25, 0.3) is 0 Å².